The second kappa shape index (κ2) is 5.04. The van der Waals surface area contributed by atoms with E-state index in [1.165, 1.54) is 23.5 Å². The molecular weight excluding hydrogens is 295 g/mol. The van der Waals surface area contributed by atoms with E-state index in [1.807, 2.05) is 36.4 Å². The lowest BCUT2D eigenvalue weighted by atomic mass is 10.1. The van der Waals surface area contributed by atoms with Crippen LogP contribution in [0.15, 0.2) is 71.5 Å². The Bertz CT molecular complexity index is 1070. The molecule has 1 aromatic heterocycles. The number of halogens is 1. The third kappa shape index (κ3) is 2.02. The molecule has 0 aliphatic heterocycles. The highest BCUT2D eigenvalue weighted by atomic mass is 32.1. The number of hydrogen-bond donors (Lipinski definition) is 0. The minimum Gasteiger partial charge on any atom is -0.289 e. The predicted octanol–water partition coefficient (Wildman–Crippen LogP) is 5.22. The first-order valence-electron chi connectivity index (χ1n) is 6.94. The topological polar surface area (TPSA) is 17.1 Å². The van der Waals surface area contributed by atoms with Gasteiger partial charge in [0.15, 0.2) is 5.43 Å². The molecule has 0 spiro atoms. The van der Waals surface area contributed by atoms with E-state index in [4.69, 9.17) is 0 Å². The Morgan fingerprint density at radius 1 is 0.818 bits per heavy atom. The van der Waals surface area contributed by atoms with Gasteiger partial charge in [0.2, 0.25) is 0 Å². The Kier molecular flexibility index (Phi) is 3.01. The van der Waals surface area contributed by atoms with Crippen LogP contribution in [0, 0.1) is 5.82 Å². The van der Waals surface area contributed by atoms with Gasteiger partial charge in [-0.05, 0) is 22.9 Å². The molecule has 106 valence electrons. The highest BCUT2D eigenvalue weighted by Gasteiger charge is 2.10. The van der Waals surface area contributed by atoms with E-state index in [-0.39, 0.29) is 11.2 Å². The quantitative estimate of drug-likeness (QED) is 0.441. The van der Waals surface area contributed by atoms with E-state index in [9.17, 15) is 9.18 Å². The normalized spacial score (nSPS) is 11.1. The van der Waals surface area contributed by atoms with E-state index >= 15 is 0 Å². The van der Waals surface area contributed by atoms with Crippen molar-refractivity contribution in [1.82, 2.24) is 0 Å². The van der Waals surface area contributed by atoms with Gasteiger partial charge in [0.1, 0.15) is 5.82 Å². The number of benzene rings is 3. The molecule has 3 aromatic carbocycles. The van der Waals surface area contributed by atoms with Gasteiger partial charge in [-0.25, -0.2) is 4.39 Å². The Morgan fingerprint density at radius 3 is 2.45 bits per heavy atom. The first-order chi connectivity index (χ1) is 10.7. The zero-order valence-corrected chi connectivity index (χ0v) is 12.4. The molecule has 0 radical (unpaired) electrons. The predicted molar refractivity (Wildman–Crippen MR) is 91.0 cm³/mol. The maximum Gasteiger partial charge on any atom is 0.188 e. The highest BCUT2D eigenvalue weighted by molar-refractivity contribution is 7.22. The lowest BCUT2D eigenvalue weighted by molar-refractivity contribution is 0.631. The molecule has 0 aliphatic rings. The summed E-state index contributed by atoms with van der Waals surface area (Å²) in [5.74, 6) is -0.308. The standard InChI is InChI=1S/C19H11FOS/c20-16-8-4-3-7-14(16)18-11-17(21)15-10-9-12-5-1-2-6-13(12)19(15)22-18/h1-11H. The van der Waals surface area contributed by atoms with Crippen LogP contribution in [-0.4, -0.2) is 0 Å². The van der Waals surface area contributed by atoms with Crippen molar-refractivity contribution in [3.05, 3.63) is 82.8 Å². The summed E-state index contributed by atoms with van der Waals surface area (Å²) in [4.78, 5) is 13.1. The van der Waals surface area contributed by atoms with E-state index in [2.05, 4.69) is 0 Å². The Labute approximate surface area is 130 Å². The molecule has 0 fully saturated rings. The Morgan fingerprint density at radius 2 is 1.59 bits per heavy atom. The SMILES string of the molecule is O=c1cc(-c2ccccc2F)sc2c1ccc1ccccc12. The van der Waals surface area contributed by atoms with Gasteiger partial charge in [0.05, 0.1) is 0 Å². The first kappa shape index (κ1) is 13.2. The van der Waals surface area contributed by atoms with Gasteiger partial charge in [-0.1, -0.05) is 48.5 Å². The fourth-order valence-corrected chi connectivity index (χ4v) is 3.91. The van der Waals surface area contributed by atoms with Gasteiger partial charge < -0.3 is 0 Å². The minimum atomic E-state index is -0.308. The van der Waals surface area contributed by atoms with Crippen molar-refractivity contribution in [2.45, 2.75) is 0 Å². The number of fused-ring (bicyclic) bond motifs is 3. The van der Waals surface area contributed by atoms with Crippen LogP contribution >= 0.6 is 11.3 Å². The monoisotopic (exact) mass is 306 g/mol. The molecule has 0 bridgehead atoms. The summed E-state index contributed by atoms with van der Waals surface area (Å²) in [5.41, 5.74) is 0.400. The molecule has 1 nitrogen and oxygen atoms in total. The maximum absolute atomic E-state index is 14.0. The molecule has 0 unspecified atom stereocenters. The van der Waals surface area contributed by atoms with Gasteiger partial charge in [0.25, 0.3) is 0 Å². The van der Waals surface area contributed by atoms with Crippen LogP contribution in [0.5, 0.6) is 0 Å². The molecule has 0 aliphatic carbocycles. The van der Waals surface area contributed by atoms with Crippen LogP contribution in [0.2, 0.25) is 0 Å². The van der Waals surface area contributed by atoms with Crippen molar-refractivity contribution in [1.29, 1.82) is 0 Å². The highest BCUT2D eigenvalue weighted by Crippen LogP contribution is 2.33. The lowest BCUT2D eigenvalue weighted by Crippen LogP contribution is -1.99. The molecule has 0 saturated heterocycles. The van der Waals surface area contributed by atoms with Crippen LogP contribution in [-0.2, 0) is 0 Å². The lowest BCUT2D eigenvalue weighted by Gasteiger charge is -2.06. The third-order valence-electron chi connectivity index (χ3n) is 3.76. The van der Waals surface area contributed by atoms with E-state index in [0.717, 1.165) is 15.5 Å². The smallest absolute Gasteiger partial charge is 0.188 e. The molecule has 0 N–H and O–H groups in total. The second-order valence-corrected chi connectivity index (χ2v) is 6.17. The first-order valence-corrected chi connectivity index (χ1v) is 7.76. The second-order valence-electron chi connectivity index (χ2n) is 5.12. The number of rotatable bonds is 1. The average molecular weight is 306 g/mol. The number of hydrogen-bond acceptors (Lipinski definition) is 2. The van der Waals surface area contributed by atoms with Gasteiger partial charge in [-0.15, -0.1) is 11.3 Å². The van der Waals surface area contributed by atoms with Crippen molar-refractivity contribution in [3.8, 4) is 10.4 Å². The summed E-state index contributed by atoms with van der Waals surface area (Å²) in [7, 11) is 0. The van der Waals surface area contributed by atoms with Crippen molar-refractivity contribution in [2.75, 3.05) is 0 Å². The molecule has 4 aromatic rings. The van der Waals surface area contributed by atoms with Gasteiger partial charge in [-0.2, -0.15) is 0 Å². The molecule has 0 atom stereocenters. The van der Waals surface area contributed by atoms with Crippen molar-refractivity contribution in [2.24, 2.45) is 0 Å². The van der Waals surface area contributed by atoms with Crippen LogP contribution in [0.4, 0.5) is 4.39 Å². The summed E-state index contributed by atoms with van der Waals surface area (Å²) < 4.78 is 14.9. The molecule has 0 amide bonds. The zero-order chi connectivity index (χ0) is 15.1. The third-order valence-corrected chi connectivity index (χ3v) is 4.96. The van der Waals surface area contributed by atoms with Crippen LogP contribution in [0.3, 0.4) is 0 Å². The van der Waals surface area contributed by atoms with Crippen molar-refractivity contribution >= 4 is 32.2 Å². The Balaban J connectivity index is 2.13. The van der Waals surface area contributed by atoms with E-state index in [0.29, 0.717) is 15.8 Å². The van der Waals surface area contributed by atoms with E-state index in [1.54, 1.807) is 18.2 Å². The van der Waals surface area contributed by atoms with Gasteiger partial charge in [0, 0.05) is 26.6 Å². The average Bonchev–Trinajstić information content (AvgIpc) is 2.55. The molecule has 22 heavy (non-hydrogen) atoms. The van der Waals surface area contributed by atoms with Gasteiger partial charge in [-0.3, -0.25) is 4.79 Å². The molecule has 1 heterocycles. The van der Waals surface area contributed by atoms with Gasteiger partial charge >= 0.3 is 0 Å². The summed E-state index contributed by atoms with van der Waals surface area (Å²) in [5, 5.41) is 2.79. The minimum absolute atomic E-state index is 0.0715. The largest absolute Gasteiger partial charge is 0.289 e. The Hall–Kier alpha value is -2.52. The molecular formula is C19H11FOS. The van der Waals surface area contributed by atoms with Crippen LogP contribution in [0.1, 0.15) is 0 Å². The van der Waals surface area contributed by atoms with Crippen LogP contribution in [0.25, 0.3) is 31.3 Å². The summed E-state index contributed by atoms with van der Waals surface area (Å²) in [6, 6.07) is 19.8. The summed E-state index contributed by atoms with van der Waals surface area (Å²) >= 11 is 1.46. The van der Waals surface area contributed by atoms with Crippen molar-refractivity contribution in [3.63, 3.8) is 0 Å². The molecule has 3 heteroatoms. The summed E-state index contributed by atoms with van der Waals surface area (Å²) in [6.45, 7) is 0. The zero-order valence-electron chi connectivity index (χ0n) is 11.5. The summed E-state index contributed by atoms with van der Waals surface area (Å²) in [6.07, 6.45) is 0. The maximum atomic E-state index is 14.0. The van der Waals surface area contributed by atoms with Crippen LogP contribution < -0.4 is 5.43 Å². The van der Waals surface area contributed by atoms with E-state index < -0.39 is 0 Å². The fraction of sp³-hybridized carbons (Fsp3) is 0. The molecule has 0 saturated carbocycles. The molecule has 4 rings (SSSR count). The fourth-order valence-electron chi connectivity index (χ4n) is 2.68. The van der Waals surface area contributed by atoms with Crippen molar-refractivity contribution < 1.29 is 4.39 Å².